The molecule has 0 radical (unpaired) electrons. The average Bonchev–Trinajstić information content (AvgIpc) is 2.52. The van der Waals surface area contributed by atoms with Gasteiger partial charge >= 0.3 is 5.97 Å². The third-order valence-corrected chi connectivity index (χ3v) is 5.70. The minimum atomic E-state index is -3.85. The van der Waals surface area contributed by atoms with Crippen molar-refractivity contribution in [3.8, 4) is 0 Å². The van der Waals surface area contributed by atoms with Gasteiger partial charge in [-0.1, -0.05) is 11.6 Å². The van der Waals surface area contributed by atoms with Gasteiger partial charge in [-0.25, -0.2) is 8.42 Å². The minimum absolute atomic E-state index is 0.0130. The summed E-state index contributed by atoms with van der Waals surface area (Å²) < 4.78 is 30.6. The van der Waals surface area contributed by atoms with Gasteiger partial charge in [-0.3, -0.25) is 9.59 Å². The molecular weight excluding hydrogens is 380 g/mol. The van der Waals surface area contributed by atoms with Gasteiger partial charge in [0.2, 0.25) is 10.0 Å². The molecule has 9 heteroatoms. The number of nitrogens with zero attached hydrogens (tertiary/aromatic N) is 2. The third kappa shape index (κ3) is 5.96. The van der Waals surface area contributed by atoms with Crippen molar-refractivity contribution < 1.29 is 22.7 Å². The summed E-state index contributed by atoms with van der Waals surface area (Å²) in [5.41, 5.74) is 0. The van der Waals surface area contributed by atoms with Crippen molar-refractivity contribution in [2.45, 2.75) is 44.7 Å². The van der Waals surface area contributed by atoms with Crippen molar-refractivity contribution in [1.29, 1.82) is 0 Å². The number of benzene rings is 1. The first-order chi connectivity index (χ1) is 12.0. The molecule has 1 rings (SSSR count). The molecule has 0 heterocycles. The van der Waals surface area contributed by atoms with Crippen LogP contribution in [0.2, 0.25) is 5.02 Å². The molecule has 0 fully saturated rings. The molecule has 0 aliphatic rings. The lowest BCUT2D eigenvalue weighted by Crippen LogP contribution is -2.44. The molecule has 1 amide bonds. The molecule has 0 bridgehead atoms. The smallest absolute Gasteiger partial charge is 0.321 e. The van der Waals surface area contributed by atoms with E-state index < -0.39 is 29.1 Å². The number of hydrogen-bond donors (Lipinski definition) is 0. The van der Waals surface area contributed by atoms with Crippen LogP contribution in [0.3, 0.4) is 0 Å². The number of hydrogen-bond acceptors (Lipinski definition) is 5. The number of ether oxygens (including phenoxy) is 1. The molecule has 1 aromatic rings. The van der Waals surface area contributed by atoms with Gasteiger partial charge < -0.3 is 9.64 Å². The van der Waals surface area contributed by atoms with Gasteiger partial charge in [0.1, 0.15) is 6.54 Å². The zero-order valence-corrected chi connectivity index (χ0v) is 17.2. The Morgan fingerprint density at radius 1 is 1.08 bits per heavy atom. The molecule has 1 aromatic carbocycles. The van der Waals surface area contributed by atoms with Crippen LogP contribution >= 0.6 is 11.6 Å². The first-order valence-corrected chi connectivity index (χ1v) is 9.97. The molecule has 0 aromatic heterocycles. The third-order valence-electron chi connectivity index (χ3n) is 3.63. The Bertz CT molecular complexity index is 724. The van der Waals surface area contributed by atoms with Gasteiger partial charge in [0.05, 0.1) is 4.90 Å². The van der Waals surface area contributed by atoms with E-state index in [2.05, 4.69) is 0 Å². The van der Waals surface area contributed by atoms with Crippen LogP contribution in [-0.2, 0) is 24.3 Å². The molecule has 0 saturated heterocycles. The molecule has 26 heavy (non-hydrogen) atoms. The Hall–Kier alpha value is -1.64. The fraction of sp³-hybridized carbons (Fsp3) is 0.529. The highest BCUT2D eigenvalue weighted by atomic mass is 35.5. The number of likely N-dealkylation sites (N-methyl/N-ethyl adjacent to an activating group) is 1. The van der Waals surface area contributed by atoms with E-state index >= 15 is 0 Å². The normalized spacial score (nSPS) is 11.9. The Labute approximate surface area is 159 Å². The molecule has 7 nitrogen and oxygen atoms in total. The standard InChI is InChI=1S/C17H25ClN2O5S/c1-12(2)20(13(3)4)16(21)11-25-17(22)10-19(5)26(23,24)15-8-6-14(18)7-9-15/h6-9,12-13H,10-11H2,1-5H3. The molecule has 0 aliphatic heterocycles. The summed E-state index contributed by atoms with van der Waals surface area (Å²) in [6.07, 6.45) is 0. The largest absolute Gasteiger partial charge is 0.455 e. The maximum Gasteiger partial charge on any atom is 0.321 e. The predicted molar refractivity (Wildman–Crippen MR) is 99.3 cm³/mol. The van der Waals surface area contributed by atoms with Crippen LogP contribution in [0.25, 0.3) is 0 Å². The maximum atomic E-state index is 12.4. The number of amides is 1. The number of carbonyl (C=O) groups is 2. The molecule has 0 aliphatic carbocycles. The van der Waals surface area contributed by atoms with Crippen molar-refractivity contribution in [1.82, 2.24) is 9.21 Å². The van der Waals surface area contributed by atoms with Crippen LogP contribution < -0.4 is 0 Å². The van der Waals surface area contributed by atoms with Gasteiger partial charge in [-0.2, -0.15) is 4.31 Å². The van der Waals surface area contributed by atoms with Gasteiger partial charge in [-0.15, -0.1) is 0 Å². The van der Waals surface area contributed by atoms with Crippen molar-refractivity contribution in [3.63, 3.8) is 0 Å². The number of halogens is 1. The van der Waals surface area contributed by atoms with Crippen LogP contribution in [0, 0.1) is 0 Å². The molecule has 0 spiro atoms. The van der Waals surface area contributed by atoms with Crippen LogP contribution in [0.1, 0.15) is 27.7 Å². The molecule has 146 valence electrons. The highest BCUT2D eigenvalue weighted by molar-refractivity contribution is 7.89. The van der Waals surface area contributed by atoms with E-state index in [0.717, 1.165) is 4.31 Å². The van der Waals surface area contributed by atoms with Crippen LogP contribution in [0.4, 0.5) is 0 Å². The van der Waals surface area contributed by atoms with Crippen molar-refractivity contribution in [3.05, 3.63) is 29.3 Å². The first-order valence-electron chi connectivity index (χ1n) is 8.15. The summed E-state index contributed by atoms with van der Waals surface area (Å²) in [6, 6.07) is 5.54. The van der Waals surface area contributed by atoms with Gasteiger partial charge in [0.25, 0.3) is 5.91 Å². The van der Waals surface area contributed by atoms with Crippen molar-refractivity contribution >= 4 is 33.5 Å². The number of rotatable bonds is 8. The predicted octanol–water partition coefficient (Wildman–Crippen LogP) is 2.15. The van der Waals surface area contributed by atoms with Gasteiger partial charge in [-0.05, 0) is 52.0 Å². The van der Waals surface area contributed by atoms with E-state index in [9.17, 15) is 18.0 Å². The highest BCUT2D eigenvalue weighted by Crippen LogP contribution is 2.17. The Morgan fingerprint density at radius 2 is 1.58 bits per heavy atom. The summed E-state index contributed by atoms with van der Waals surface area (Å²) in [7, 11) is -2.59. The van der Waals surface area contributed by atoms with Crippen LogP contribution in [0.15, 0.2) is 29.2 Å². The monoisotopic (exact) mass is 404 g/mol. The molecule has 0 N–H and O–H groups in total. The summed E-state index contributed by atoms with van der Waals surface area (Å²) >= 11 is 5.75. The summed E-state index contributed by atoms with van der Waals surface area (Å²) in [4.78, 5) is 25.7. The van der Waals surface area contributed by atoms with Crippen LogP contribution in [0.5, 0.6) is 0 Å². The van der Waals surface area contributed by atoms with E-state index in [1.165, 1.54) is 31.3 Å². The number of esters is 1. The van der Waals surface area contributed by atoms with Crippen molar-refractivity contribution in [2.75, 3.05) is 20.2 Å². The molecule has 0 atom stereocenters. The number of sulfonamides is 1. The Kier molecular flexibility index (Phi) is 8.05. The average molecular weight is 405 g/mol. The topological polar surface area (TPSA) is 84.0 Å². The minimum Gasteiger partial charge on any atom is -0.455 e. The maximum absolute atomic E-state index is 12.4. The van der Waals surface area contributed by atoms with E-state index in [-0.39, 0.29) is 22.9 Å². The zero-order valence-electron chi connectivity index (χ0n) is 15.6. The van der Waals surface area contributed by atoms with Crippen molar-refractivity contribution in [2.24, 2.45) is 0 Å². The second-order valence-corrected chi connectivity index (χ2v) is 8.85. The van der Waals surface area contributed by atoms with E-state index in [1.54, 1.807) is 4.90 Å². The highest BCUT2D eigenvalue weighted by Gasteiger charge is 2.25. The molecule has 0 saturated carbocycles. The Balaban J connectivity index is 2.67. The fourth-order valence-corrected chi connectivity index (χ4v) is 3.73. The van der Waals surface area contributed by atoms with E-state index in [4.69, 9.17) is 16.3 Å². The lowest BCUT2D eigenvalue weighted by Gasteiger charge is -2.30. The first kappa shape index (κ1) is 22.4. The summed E-state index contributed by atoms with van der Waals surface area (Å²) in [5.74, 6) is -1.13. The fourth-order valence-electron chi connectivity index (χ4n) is 2.49. The Morgan fingerprint density at radius 3 is 2.04 bits per heavy atom. The number of carbonyl (C=O) groups excluding carboxylic acids is 2. The van der Waals surface area contributed by atoms with Crippen LogP contribution in [-0.4, -0.2) is 61.8 Å². The second-order valence-electron chi connectivity index (χ2n) is 6.36. The second kappa shape index (κ2) is 9.34. The van der Waals surface area contributed by atoms with Gasteiger partial charge in [0.15, 0.2) is 6.61 Å². The van der Waals surface area contributed by atoms with E-state index in [1.807, 2.05) is 27.7 Å². The van der Waals surface area contributed by atoms with Gasteiger partial charge in [0, 0.05) is 24.2 Å². The zero-order chi connectivity index (χ0) is 20.1. The molecular formula is C17H25ClN2O5S. The SMILES string of the molecule is CC(C)N(C(=O)COC(=O)CN(C)S(=O)(=O)c1ccc(Cl)cc1)C(C)C. The summed E-state index contributed by atoms with van der Waals surface area (Å²) in [5, 5.41) is 0.407. The lowest BCUT2D eigenvalue weighted by molar-refractivity contribution is -0.153. The summed E-state index contributed by atoms with van der Waals surface area (Å²) in [6.45, 7) is 6.54. The quantitative estimate of drug-likeness (QED) is 0.620. The molecule has 0 unspecified atom stereocenters. The lowest BCUT2D eigenvalue weighted by atomic mass is 10.2. The van der Waals surface area contributed by atoms with E-state index in [0.29, 0.717) is 5.02 Å².